The van der Waals surface area contributed by atoms with Crippen LogP contribution in [0.15, 0.2) is 48.5 Å². The molecule has 3 rings (SSSR count). The van der Waals surface area contributed by atoms with Crippen LogP contribution in [0.25, 0.3) is 0 Å². The Morgan fingerprint density at radius 2 is 1.81 bits per heavy atom. The van der Waals surface area contributed by atoms with E-state index in [-0.39, 0.29) is 11.7 Å². The molecule has 0 radical (unpaired) electrons. The third-order valence-electron chi connectivity index (χ3n) is 5.49. The summed E-state index contributed by atoms with van der Waals surface area (Å²) < 4.78 is 31.5. The summed E-state index contributed by atoms with van der Waals surface area (Å²) in [6.45, 7) is 8.51. The summed E-state index contributed by atoms with van der Waals surface area (Å²) in [6.07, 6.45) is 0.626. The third-order valence-corrected chi connectivity index (χ3v) is 7.36. The Morgan fingerprint density at radius 1 is 1.10 bits per heavy atom. The van der Waals surface area contributed by atoms with Gasteiger partial charge < -0.3 is 15.0 Å². The SMILES string of the molecule is CCN(CC)CCOc1ccccc1CNC(=O)c1ccc(N2CCCS2(=O)=O)cc1. The van der Waals surface area contributed by atoms with Gasteiger partial charge in [-0.2, -0.15) is 0 Å². The Hall–Kier alpha value is -2.58. The second kappa shape index (κ2) is 10.6. The molecule has 0 unspecified atom stereocenters. The van der Waals surface area contributed by atoms with Gasteiger partial charge in [0.25, 0.3) is 5.91 Å². The standard InChI is InChI=1S/C23H31N3O4S/c1-3-25(4-2)15-16-30-22-9-6-5-8-20(22)18-24-23(27)19-10-12-21(13-11-19)26-14-7-17-31(26,28)29/h5-6,8-13H,3-4,7,14-18H2,1-2H3,(H,24,27). The fraction of sp³-hybridized carbons (Fsp3) is 0.435. The van der Waals surface area contributed by atoms with Gasteiger partial charge in [-0.3, -0.25) is 9.10 Å². The molecule has 7 nitrogen and oxygen atoms in total. The quantitative estimate of drug-likeness (QED) is 0.608. The number of nitrogens with one attached hydrogen (secondary N) is 1. The largest absolute Gasteiger partial charge is 0.492 e. The van der Waals surface area contributed by atoms with Crippen LogP contribution in [-0.2, 0) is 16.6 Å². The molecule has 1 N–H and O–H groups in total. The van der Waals surface area contributed by atoms with Gasteiger partial charge in [-0.25, -0.2) is 8.42 Å². The van der Waals surface area contributed by atoms with Crippen LogP contribution in [-0.4, -0.2) is 57.8 Å². The zero-order valence-corrected chi connectivity index (χ0v) is 19.0. The molecule has 0 spiro atoms. The lowest BCUT2D eigenvalue weighted by atomic mass is 10.1. The van der Waals surface area contributed by atoms with E-state index in [1.54, 1.807) is 24.3 Å². The van der Waals surface area contributed by atoms with Crippen molar-refractivity contribution in [1.82, 2.24) is 10.2 Å². The topological polar surface area (TPSA) is 79.0 Å². The van der Waals surface area contributed by atoms with Gasteiger partial charge in [0.2, 0.25) is 10.0 Å². The molecule has 1 fully saturated rings. The first-order valence-electron chi connectivity index (χ1n) is 10.8. The minimum absolute atomic E-state index is 0.172. The number of nitrogens with zero attached hydrogens (tertiary/aromatic N) is 2. The number of hydrogen-bond donors (Lipinski definition) is 1. The summed E-state index contributed by atoms with van der Waals surface area (Å²) in [5.41, 5.74) is 2.00. The molecular weight excluding hydrogens is 414 g/mol. The van der Waals surface area contributed by atoms with E-state index in [2.05, 4.69) is 24.1 Å². The molecular formula is C23H31N3O4S. The van der Waals surface area contributed by atoms with E-state index >= 15 is 0 Å². The van der Waals surface area contributed by atoms with Crippen LogP contribution in [0.1, 0.15) is 36.2 Å². The number of rotatable bonds is 10. The Kier molecular flexibility index (Phi) is 7.92. The maximum Gasteiger partial charge on any atom is 0.251 e. The molecule has 2 aromatic rings. The molecule has 1 heterocycles. The van der Waals surface area contributed by atoms with Crippen molar-refractivity contribution in [2.45, 2.75) is 26.8 Å². The highest BCUT2D eigenvalue weighted by molar-refractivity contribution is 7.93. The maximum absolute atomic E-state index is 12.6. The molecule has 0 bridgehead atoms. The van der Waals surface area contributed by atoms with E-state index in [9.17, 15) is 13.2 Å². The molecule has 2 aromatic carbocycles. The summed E-state index contributed by atoms with van der Waals surface area (Å²) in [7, 11) is -3.23. The smallest absolute Gasteiger partial charge is 0.251 e. The van der Waals surface area contributed by atoms with Crippen molar-refractivity contribution in [1.29, 1.82) is 0 Å². The molecule has 1 saturated heterocycles. The number of carbonyl (C=O) groups is 1. The first kappa shape index (κ1) is 23.1. The Labute approximate surface area is 185 Å². The van der Waals surface area contributed by atoms with E-state index in [0.717, 1.165) is 30.9 Å². The third kappa shape index (κ3) is 5.98. The van der Waals surface area contributed by atoms with Crippen molar-refractivity contribution in [3.63, 3.8) is 0 Å². The predicted molar refractivity (Wildman–Crippen MR) is 123 cm³/mol. The summed E-state index contributed by atoms with van der Waals surface area (Å²) in [6, 6.07) is 14.4. The van der Waals surface area contributed by atoms with Crippen LogP contribution in [0.3, 0.4) is 0 Å². The van der Waals surface area contributed by atoms with Gasteiger partial charge in [-0.15, -0.1) is 0 Å². The molecule has 8 heteroatoms. The van der Waals surface area contributed by atoms with Crippen molar-refractivity contribution in [2.24, 2.45) is 0 Å². The molecule has 0 aromatic heterocycles. The summed E-state index contributed by atoms with van der Waals surface area (Å²) in [5, 5.41) is 2.92. The van der Waals surface area contributed by atoms with E-state index < -0.39 is 10.0 Å². The van der Waals surface area contributed by atoms with Gasteiger partial charge in [0.15, 0.2) is 0 Å². The molecule has 31 heavy (non-hydrogen) atoms. The second-order valence-corrected chi connectivity index (χ2v) is 9.47. The molecule has 0 aliphatic carbocycles. The van der Waals surface area contributed by atoms with Crippen molar-refractivity contribution < 1.29 is 17.9 Å². The van der Waals surface area contributed by atoms with E-state index in [1.807, 2.05) is 24.3 Å². The zero-order chi connectivity index (χ0) is 22.3. The van der Waals surface area contributed by atoms with Crippen LogP contribution < -0.4 is 14.4 Å². The number of para-hydroxylation sites is 1. The average molecular weight is 446 g/mol. The Balaban J connectivity index is 1.57. The first-order chi connectivity index (χ1) is 14.9. The monoisotopic (exact) mass is 445 g/mol. The minimum atomic E-state index is -3.23. The fourth-order valence-electron chi connectivity index (χ4n) is 3.60. The van der Waals surface area contributed by atoms with Gasteiger partial charge in [0.1, 0.15) is 12.4 Å². The van der Waals surface area contributed by atoms with Gasteiger partial charge in [-0.05, 0) is 49.8 Å². The number of ether oxygens (including phenoxy) is 1. The number of benzene rings is 2. The minimum Gasteiger partial charge on any atom is -0.492 e. The molecule has 1 amide bonds. The van der Waals surface area contributed by atoms with E-state index in [0.29, 0.717) is 37.4 Å². The summed E-state index contributed by atoms with van der Waals surface area (Å²) in [5.74, 6) is 0.726. The van der Waals surface area contributed by atoms with Crippen molar-refractivity contribution in [2.75, 3.05) is 42.8 Å². The second-order valence-electron chi connectivity index (χ2n) is 7.45. The first-order valence-corrected chi connectivity index (χ1v) is 12.4. The number of carbonyl (C=O) groups excluding carboxylic acids is 1. The zero-order valence-electron chi connectivity index (χ0n) is 18.2. The average Bonchev–Trinajstić information content (AvgIpc) is 3.14. The predicted octanol–water partition coefficient (Wildman–Crippen LogP) is 2.88. The van der Waals surface area contributed by atoms with E-state index in [4.69, 9.17) is 4.74 Å². The lowest BCUT2D eigenvalue weighted by molar-refractivity contribution is 0.0950. The molecule has 0 saturated carbocycles. The van der Waals surface area contributed by atoms with Gasteiger partial charge in [-0.1, -0.05) is 32.0 Å². The Morgan fingerprint density at radius 3 is 2.45 bits per heavy atom. The highest BCUT2D eigenvalue weighted by Gasteiger charge is 2.28. The molecule has 1 aliphatic rings. The van der Waals surface area contributed by atoms with Crippen LogP contribution in [0.4, 0.5) is 5.69 Å². The Bertz CT molecular complexity index is 973. The number of likely N-dealkylation sites (N-methyl/N-ethyl adjacent to an activating group) is 1. The highest BCUT2D eigenvalue weighted by Crippen LogP contribution is 2.24. The van der Waals surface area contributed by atoms with Crippen LogP contribution in [0.5, 0.6) is 5.75 Å². The summed E-state index contributed by atoms with van der Waals surface area (Å²) >= 11 is 0. The van der Waals surface area contributed by atoms with Crippen molar-refractivity contribution in [3.05, 3.63) is 59.7 Å². The van der Waals surface area contributed by atoms with Gasteiger partial charge >= 0.3 is 0 Å². The molecule has 0 atom stereocenters. The fourth-order valence-corrected chi connectivity index (χ4v) is 5.17. The van der Waals surface area contributed by atoms with E-state index in [1.165, 1.54) is 4.31 Å². The van der Waals surface area contributed by atoms with Crippen molar-refractivity contribution >= 4 is 21.6 Å². The van der Waals surface area contributed by atoms with Gasteiger partial charge in [0, 0.05) is 30.8 Å². The lowest BCUT2D eigenvalue weighted by Gasteiger charge is -2.19. The number of anilines is 1. The van der Waals surface area contributed by atoms with Crippen molar-refractivity contribution in [3.8, 4) is 5.75 Å². The maximum atomic E-state index is 12.6. The number of sulfonamides is 1. The van der Waals surface area contributed by atoms with Crippen LogP contribution >= 0.6 is 0 Å². The molecule has 1 aliphatic heterocycles. The van der Waals surface area contributed by atoms with Gasteiger partial charge in [0.05, 0.1) is 11.4 Å². The highest BCUT2D eigenvalue weighted by atomic mass is 32.2. The number of amides is 1. The molecule has 168 valence electrons. The normalized spacial score (nSPS) is 15.3. The van der Waals surface area contributed by atoms with Crippen LogP contribution in [0.2, 0.25) is 0 Å². The summed E-state index contributed by atoms with van der Waals surface area (Å²) in [4.78, 5) is 14.9. The van der Waals surface area contributed by atoms with Crippen LogP contribution in [0, 0.1) is 0 Å². The lowest BCUT2D eigenvalue weighted by Crippen LogP contribution is -2.28. The number of hydrogen-bond acceptors (Lipinski definition) is 5.